The third-order valence-electron chi connectivity index (χ3n) is 2.09. The highest BCUT2D eigenvalue weighted by Crippen LogP contribution is 2.31. The van der Waals surface area contributed by atoms with Crippen LogP contribution in [0.1, 0.15) is 0 Å². The summed E-state index contributed by atoms with van der Waals surface area (Å²) >= 11 is 0. The Balaban J connectivity index is 2.61. The van der Waals surface area contributed by atoms with Gasteiger partial charge in [0.25, 0.3) is 0 Å². The second-order valence-corrected chi connectivity index (χ2v) is 3.03. The first kappa shape index (κ1) is 8.63. The fourth-order valence-corrected chi connectivity index (χ4v) is 1.39. The van der Waals surface area contributed by atoms with Crippen LogP contribution in [0.4, 0.5) is 5.69 Å². The summed E-state index contributed by atoms with van der Waals surface area (Å²) in [5, 5.41) is 9.62. The molecule has 0 saturated carbocycles. The van der Waals surface area contributed by atoms with Gasteiger partial charge in [0.05, 0.1) is 0 Å². The van der Waals surface area contributed by atoms with Crippen LogP contribution >= 0.6 is 0 Å². The van der Waals surface area contributed by atoms with Crippen LogP contribution in [0.3, 0.4) is 0 Å². The van der Waals surface area contributed by atoms with Crippen molar-refractivity contribution in [1.82, 2.24) is 0 Å². The zero-order valence-electron chi connectivity index (χ0n) is 7.57. The fourth-order valence-electron chi connectivity index (χ4n) is 1.39. The van der Waals surface area contributed by atoms with Crippen molar-refractivity contribution < 1.29 is 5.11 Å². The molecular formula is C12H10NO. The molecule has 0 saturated heterocycles. The summed E-state index contributed by atoms with van der Waals surface area (Å²) in [6.07, 6.45) is 0. The predicted octanol–water partition coefficient (Wildman–Crippen LogP) is 2.44. The molecule has 0 aliphatic heterocycles. The Hall–Kier alpha value is -1.96. The quantitative estimate of drug-likeness (QED) is 0.668. The molecule has 69 valence electrons. The lowest BCUT2D eigenvalue weighted by molar-refractivity contribution is 0.477. The molecule has 0 spiro atoms. The van der Waals surface area contributed by atoms with Crippen molar-refractivity contribution in [2.24, 2.45) is 0 Å². The van der Waals surface area contributed by atoms with Gasteiger partial charge in [-0.15, -0.1) is 0 Å². The summed E-state index contributed by atoms with van der Waals surface area (Å²) in [5.74, 6) is 0.241. The molecule has 0 bridgehead atoms. The maximum Gasteiger partial charge on any atom is 0.123 e. The molecule has 2 aromatic rings. The van der Waals surface area contributed by atoms with E-state index in [1.807, 2.05) is 18.2 Å². The van der Waals surface area contributed by atoms with Gasteiger partial charge in [0.15, 0.2) is 0 Å². The molecule has 0 atom stereocenters. The van der Waals surface area contributed by atoms with Crippen molar-refractivity contribution in [2.75, 3.05) is 5.73 Å². The number of aromatic hydroxyl groups is 1. The van der Waals surface area contributed by atoms with Gasteiger partial charge in [-0.1, -0.05) is 30.3 Å². The lowest BCUT2D eigenvalue weighted by atomic mass is 10.0. The lowest BCUT2D eigenvalue weighted by Crippen LogP contribution is -1.89. The fraction of sp³-hybridized carbons (Fsp3) is 0. The molecule has 2 rings (SSSR count). The first-order valence-corrected chi connectivity index (χ1v) is 4.33. The summed E-state index contributed by atoms with van der Waals surface area (Å²) in [7, 11) is 0. The first-order chi connectivity index (χ1) is 6.79. The minimum Gasteiger partial charge on any atom is -0.507 e. The van der Waals surface area contributed by atoms with Gasteiger partial charge in [0.2, 0.25) is 0 Å². The molecule has 0 amide bonds. The molecule has 0 aromatic heterocycles. The Kier molecular flexibility index (Phi) is 2.11. The van der Waals surface area contributed by atoms with E-state index in [-0.39, 0.29) is 5.75 Å². The van der Waals surface area contributed by atoms with E-state index in [9.17, 15) is 5.11 Å². The number of phenols is 1. The molecule has 0 fully saturated rings. The van der Waals surface area contributed by atoms with Crippen LogP contribution in [0.5, 0.6) is 5.75 Å². The van der Waals surface area contributed by atoms with Crippen molar-refractivity contribution in [3.05, 3.63) is 48.5 Å². The molecule has 2 aromatic carbocycles. The van der Waals surface area contributed by atoms with Crippen molar-refractivity contribution >= 4 is 5.69 Å². The SMILES string of the molecule is Nc1c[c]ccc1-c1ccccc1O. The number of hydrogen-bond donors (Lipinski definition) is 2. The Morgan fingerprint density at radius 1 is 1.07 bits per heavy atom. The highest BCUT2D eigenvalue weighted by atomic mass is 16.3. The molecule has 0 unspecified atom stereocenters. The smallest absolute Gasteiger partial charge is 0.123 e. The van der Waals surface area contributed by atoms with Gasteiger partial charge in [-0.05, 0) is 18.2 Å². The standard InChI is InChI=1S/C12H10NO/c13-11-7-3-1-5-9(11)10-6-2-4-8-12(10)14/h1-2,4-8,14H,13H2. The molecule has 2 heteroatoms. The Bertz CT molecular complexity index is 408. The number of anilines is 1. The first-order valence-electron chi connectivity index (χ1n) is 4.33. The summed E-state index contributed by atoms with van der Waals surface area (Å²) < 4.78 is 0. The normalized spacial score (nSPS) is 10.0. The largest absolute Gasteiger partial charge is 0.507 e. The second kappa shape index (κ2) is 3.42. The number of nitrogen functional groups attached to an aromatic ring is 1. The van der Waals surface area contributed by atoms with E-state index in [2.05, 4.69) is 6.07 Å². The van der Waals surface area contributed by atoms with Crippen LogP contribution in [-0.4, -0.2) is 5.11 Å². The number of phenolic OH excluding ortho intramolecular Hbond substituents is 1. The van der Waals surface area contributed by atoms with E-state index in [4.69, 9.17) is 5.73 Å². The van der Waals surface area contributed by atoms with E-state index < -0.39 is 0 Å². The Labute approximate surface area is 82.6 Å². The summed E-state index contributed by atoms with van der Waals surface area (Å²) in [5.41, 5.74) is 7.98. The second-order valence-electron chi connectivity index (χ2n) is 3.03. The van der Waals surface area contributed by atoms with Gasteiger partial charge in [0, 0.05) is 16.8 Å². The van der Waals surface area contributed by atoms with Gasteiger partial charge in [-0.3, -0.25) is 0 Å². The van der Waals surface area contributed by atoms with Crippen LogP contribution in [0.15, 0.2) is 42.5 Å². The van der Waals surface area contributed by atoms with Crippen LogP contribution < -0.4 is 5.73 Å². The molecule has 1 radical (unpaired) electrons. The minimum atomic E-state index is 0.241. The van der Waals surface area contributed by atoms with E-state index in [1.165, 1.54) is 0 Å². The number of benzene rings is 2. The summed E-state index contributed by atoms with van der Waals surface area (Å²) in [6, 6.07) is 15.3. The average Bonchev–Trinajstić information content (AvgIpc) is 2.20. The van der Waals surface area contributed by atoms with Crippen molar-refractivity contribution in [3.8, 4) is 16.9 Å². The number of para-hydroxylation sites is 1. The van der Waals surface area contributed by atoms with Crippen LogP contribution in [-0.2, 0) is 0 Å². The van der Waals surface area contributed by atoms with Crippen molar-refractivity contribution in [1.29, 1.82) is 0 Å². The third-order valence-corrected chi connectivity index (χ3v) is 2.09. The monoisotopic (exact) mass is 184 g/mol. The van der Waals surface area contributed by atoms with Crippen LogP contribution in [0, 0.1) is 6.07 Å². The molecule has 0 aliphatic carbocycles. The highest BCUT2D eigenvalue weighted by Gasteiger charge is 2.05. The zero-order valence-corrected chi connectivity index (χ0v) is 7.57. The van der Waals surface area contributed by atoms with Gasteiger partial charge in [0.1, 0.15) is 5.75 Å². The summed E-state index contributed by atoms with van der Waals surface area (Å²) in [6.45, 7) is 0. The molecular weight excluding hydrogens is 174 g/mol. The minimum absolute atomic E-state index is 0.241. The number of nitrogens with two attached hydrogens (primary N) is 1. The van der Waals surface area contributed by atoms with Crippen LogP contribution in [0.25, 0.3) is 11.1 Å². The average molecular weight is 184 g/mol. The number of hydrogen-bond acceptors (Lipinski definition) is 2. The molecule has 0 aliphatic rings. The summed E-state index contributed by atoms with van der Waals surface area (Å²) in [4.78, 5) is 0. The van der Waals surface area contributed by atoms with E-state index in [1.54, 1.807) is 24.3 Å². The van der Waals surface area contributed by atoms with E-state index in [0.29, 0.717) is 5.69 Å². The molecule has 3 N–H and O–H groups in total. The van der Waals surface area contributed by atoms with Gasteiger partial charge in [-0.2, -0.15) is 0 Å². The molecule has 0 heterocycles. The van der Waals surface area contributed by atoms with Crippen molar-refractivity contribution in [3.63, 3.8) is 0 Å². The highest BCUT2D eigenvalue weighted by molar-refractivity contribution is 5.79. The maximum atomic E-state index is 9.62. The topological polar surface area (TPSA) is 46.2 Å². The number of rotatable bonds is 1. The molecule has 2 nitrogen and oxygen atoms in total. The maximum absolute atomic E-state index is 9.62. The van der Waals surface area contributed by atoms with Crippen molar-refractivity contribution in [2.45, 2.75) is 0 Å². The van der Waals surface area contributed by atoms with Gasteiger partial charge in [-0.25, -0.2) is 0 Å². The molecule has 14 heavy (non-hydrogen) atoms. The van der Waals surface area contributed by atoms with E-state index in [0.717, 1.165) is 11.1 Å². The lowest BCUT2D eigenvalue weighted by Gasteiger charge is -2.06. The third kappa shape index (κ3) is 1.42. The Morgan fingerprint density at radius 2 is 1.86 bits per heavy atom. The van der Waals surface area contributed by atoms with Gasteiger partial charge >= 0.3 is 0 Å². The van der Waals surface area contributed by atoms with Gasteiger partial charge < -0.3 is 10.8 Å². The predicted molar refractivity (Wildman–Crippen MR) is 56.8 cm³/mol. The van der Waals surface area contributed by atoms with Crippen LogP contribution in [0.2, 0.25) is 0 Å². The zero-order chi connectivity index (χ0) is 9.97. The Morgan fingerprint density at radius 3 is 2.57 bits per heavy atom. The van der Waals surface area contributed by atoms with E-state index >= 15 is 0 Å².